The molecular formula is C10H18F2N2O2. The third-order valence-corrected chi connectivity index (χ3v) is 2.53. The molecule has 1 unspecified atom stereocenters. The summed E-state index contributed by atoms with van der Waals surface area (Å²) in [6.45, 7) is 3.68. The van der Waals surface area contributed by atoms with E-state index in [0.29, 0.717) is 6.54 Å². The van der Waals surface area contributed by atoms with Gasteiger partial charge in [0, 0.05) is 25.7 Å². The Morgan fingerprint density at radius 3 is 3.00 bits per heavy atom. The van der Waals surface area contributed by atoms with Crippen molar-refractivity contribution in [3.05, 3.63) is 0 Å². The SMILES string of the molecule is CC1CNCCN1C(=O)CCOCC(F)F. The second-order valence-electron chi connectivity index (χ2n) is 3.86. The van der Waals surface area contributed by atoms with Gasteiger partial charge in [0.1, 0.15) is 6.61 Å². The molecule has 0 aliphatic carbocycles. The molecule has 0 aromatic rings. The van der Waals surface area contributed by atoms with Crippen LogP contribution in [0.3, 0.4) is 0 Å². The van der Waals surface area contributed by atoms with E-state index >= 15 is 0 Å². The van der Waals surface area contributed by atoms with Gasteiger partial charge in [0.15, 0.2) is 0 Å². The van der Waals surface area contributed by atoms with Crippen LogP contribution in [0, 0.1) is 0 Å². The molecule has 0 saturated carbocycles. The normalized spacial score (nSPS) is 21.5. The van der Waals surface area contributed by atoms with Crippen LogP contribution in [0.1, 0.15) is 13.3 Å². The average Bonchev–Trinajstić information content (AvgIpc) is 2.24. The zero-order chi connectivity index (χ0) is 12.0. The van der Waals surface area contributed by atoms with Gasteiger partial charge in [-0.15, -0.1) is 0 Å². The summed E-state index contributed by atoms with van der Waals surface area (Å²) in [6, 6.07) is 0.163. The molecule has 1 fully saturated rings. The van der Waals surface area contributed by atoms with Crippen LogP contribution in [-0.4, -0.2) is 56.1 Å². The molecule has 1 N–H and O–H groups in total. The van der Waals surface area contributed by atoms with Crippen LogP contribution in [0.4, 0.5) is 8.78 Å². The summed E-state index contributed by atoms with van der Waals surface area (Å²) in [5, 5.41) is 3.18. The fraction of sp³-hybridized carbons (Fsp3) is 0.900. The highest BCUT2D eigenvalue weighted by molar-refractivity contribution is 5.76. The summed E-state index contributed by atoms with van der Waals surface area (Å²) >= 11 is 0. The highest BCUT2D eigenvalue weighted by Crippen LogP contribution is 2.05. The molecule has 1 aliphatic rings. The Morgan fingerprint density at radius 1 is 1.62 bits per heavy atom. The molecular weight excluding hydrogens is 218 g/mol. The van der Waals surface area contributed by atoms with Gasteiger partial charge in [0.2, 0.25) is 5.91 Å². The standard InChI is InChI=1S/C10H18F2N2O2/c1-8-6-13-3-4-14(8)10(15)2-5-16-7-9(11)12/h8-9,13H,2-7H2,1H3. The van der Waals surface area contributed by atoms with Gasteiger partial charge < -0.3 is 15.0 Å². The maximum Gasteiger partial charge on any atom is 0.261 e. The summed E-state index contributed by atoms with van der Waals surface area (Å²) in [6.07, 6.45) is -2.29. The van der Waals surface area contributed by atoms with Crippen molar-refractivity contribution in [1.82, 2.24) is 10.2 Å². The number of carbonyl (C=O) groups is 1. The monoisotopic (exact) mass is 236 g/mol. The molecule has 94 valence electrons. The number of nitrogens with zero attached hydrogens (tertiary/aromatic N) is 1. The van der Waals surface area contributed by atoms with Crippen molar-refractivity contribution < 1.29 is 18.3 Å². The van der Waals surface area contributed by atoms with E-state index < -0.39 is 13.0 Å². The number of piperazine rings is 1. The van der Waals surface area contributed by atoms with Crippen molar-refractivity contribution in [2.75, 3.05) is 32.8 Å². The molecule has 0 bridgehead atoms. The first-order chi connectivity index (χ1) is 7.61. The van der Waals surface area contributed by atoms with E-state index in [-0.39, 0.29) is 25.0 Å². The van der Waals surface area contributed by atoms with Crippen molar-refractivity contribution in [3.8, 4) is 0 Å². The lowest BCUT2D eigenvalue weighted by molar-refractivity contribution is -0.135. The first-order valence-corrected chi connectivity index (χ1v) is 5.47. The summed E-state index contributed by atoms with van der Waals surface area (Å²) in [4.78, 5) is 13.4. The fourth-order valence-electron chi connectivity index (χ4n) is 1.69. The Bertz CT molecular complexity index is 227. The van der Waals surface area contributed by atoms with E-state index in [1.54, 1.807) is 4.90 Å². The Labute approximate surface area is 93.9 Å². The van der Waals surface area contributed by atoms with E-state index in [1.165, 1.54) is 0 Å². The number of amides is 1. The van der Waals surface area contributed by atoms with Crippen LogP contribution in [0.25, 0.3) is 0 Å². The predicted octanol–water partition coefficient (Wildman–Crippen LogP) is 0.478. The second-order valence-corrected chi connectivity index (χ2v) is 3.86. The van der Waals surface area contributed by atoms with Crippen molar-refractivity contribution in [1.29, 1.82) is 0 Å². The fourth-order valence-corrected chi connectivity index (χ4v) is 1.69. The largest absolute Gasteiger partial charge is 0.375 e. The van der Waals surface area contributed by atoms with Gasteiger partial charge in [0.05, 0.1) is 13.0 Å². The zero-order valence-electron chi connectivity index (χ0n) is 9.42. The van der Waals surface area contributed by atoms with Gasteiger partial charge in [-0.25, -0.2) is 8.78 Å². The van der Waals surface area contributed by atoms with Crippen LogP contribution in [0.5, 0.6) is 0 Å². The summed E-state index contributed by atoms with van der Waals surface area (Å²) < 4.78 is 28.2. The minimum absolute atomic E-state index is 0.0248. The van der Waals surface area contributed by atoms with Gasteiger partial charge in [-0.3, -0.25) is 4.79 Å². The van der Waals surface area contributed by atoms with E-state index in [4.69, 9.17) is 0 Å². The number of alkyl halides is 2. The van der Waals surface area contributed by atoms with Crippen molar-refractivity contribution >= 4 is 5.91 Å². The van der Waals surface area contributed by atoms with Crippen molar-refractivity contribution in [2.24, 2.45) is 0 Å². The van der Waals surface area contributed by atoms with Gasteiger partial charge in [-0.05, 0) is 6.92 Å². The molecule has 0 spiro atoms. The summed E-state index contributed by atoms with van der Waals surface area (Å²) in [5.41, 5.74) is 0. The highest BCUT2D eigenvalue weighted by Gasteiger charge is 2.22. The number of hydrogen-bond donors (Lipinski definition) is 1. The lowest BCUT2D eigenvalue weighted by Gasteiger charge is -2.34. The lowest BCUT2D eigenvalue weighted by Crippen LogP contribution is -2.52. The Morgan fingerprint density at radius 2 is 2.38 bits per heavy atom. The van der Waals surface area contributed by atoms with Crippen LogP contribution in [0.2, 0.25) is 0 Å². The molecule has 1 heterocycles. The van der Waals surface area contributed by atoms with E-state index in [9.17, 15) is 13.6 Å². The molecule has 1 rings (SSSR count). The Hall–Kier alpha value is -0.750. The summed E-state index contributed by atoms with van der Waals surface area (Å²) in [5.74, 6) is -0.0248. The van der Waals surface area contributed by atoms with Crippen molar-refractivity contribution in [3.63, 3.8) is 0 Å². The number of rotatable bonds is 5. The van der Waals surface area contributed by atoms with E-state index in [0.717, 1.165) is 13.1 Å². The number of nitrogens with one attached hydrogen (secondary N) is 1. The van der Waals surface area contributed by atoms with Crippen LogP contribution in [0.15, 0.2) is 0 Å². The van der Waals surface area contributed by atoms with Crippen molar-refractivity contribution in [2.45, 2.75) is 25.8 Å². The maximum atomic E-state index is 11.7. The molecule has 1 aliphatic heterocycles. The third-order valence-electron chi connectivity index (χ3n) is 2.53. The third kappa shape index (κ3) is 4.40. The number of halogens is 2. The lowest BCUT2D eigenvalue weighted by atomic mass is 10.2. The van der Waals surface area contributed by atoms with E-state index in [2.05, 4.69) is 10.1 Å². The zero-order valence-corrected chi connectivity index (χ0v) is 9.42. The summed E-state index contributed by atoms with van der Waals surface area (Å²) in [7, 11) is 0. The molecule has 1 amide bonds. The maximum absolute atomic E-state index is 11.7. The first-order valence-electron chi connectivity index (χ1n) is 5.47. The number of ether oxygens (including phenoxy) is 1. The second kappa shape index (κ2) is 6.75. The minimum Gasteiger partial charge on any atom is -0.375 e. The minimum atomic E-state index is -2.46. The molecule has 6 heteroatoms. The van der Waals surface area contributed by atoms with E-state index in [1.807, 2.05) is 6.92 Å². The Balaban J connectivity index is 2.18. The number of hydrogen-bond acceptors (Lipinski definition) is 3. The smallest absolute Gasteiger partial charge is 0.261 e. The van der Waals surface area contributed by atoms with Gasteiger partial charge in [-0.1, -0.05) is 0 Å². The predicted molar refractivity (Wildman–Crippen MR) is 55.5 cm³/mol. The number of carbonyl (C=O) groups excluding carboxylic acids is 1. The molecule has 4 nitrogen and oxygen atoms in total. The molecule has 0 radical (unpaired) electrons. The van der Waals surface area contributed by atoms with Crippen LogP contribution < -0.4 is 5.32 Å². The molecule has 16 heavy (non-hydrogen) atoms. The topological polar surface area (TPSA) is 41.6 Å². The highest BCUT2D eigenvalue weighted by atomic mass is 19.3. The Kier molecular flexibility index (Phi) is 5.62. The molecule has 0 aromatic carbocycles. The van der Waals surface area contributed by atoms with Gasteiger partial charge in [-0.2, -0.15) is 0 Å². The molecule has 1 atom stereocenters. The first kappa shape index (κ1) is 13.3. The average molecular weight is 236 g/mol. The van der Waals surface area contributed by atoms with Gasteiger partial charge in [0.25, 0.3) is 6.43 Å². The quantitative estimate of drug-likeness (QED) is 0.706. The van der Waals surface area contributed by atoms with Crippen LogP contribution in [-0.2, 0) is 9.53 Å². The molecule has 0 aromatic heterocycles. The molecule has 1 saturated heterocycles. The van der Waals surface area contributed by atoms with Gasteiger partial charge >= 0.3 is 0 Å². The van der Waals surface area contributed by atoms with Crippen LogP contribution >= 0.6 is 0 Å².